The predicted octanol–water partition coefficient (Wildman–Crippen LogP) is 4.00. The van der Waals surface area contributed by atoms with Crippen molar-refractivity contribution in [2.45, 2.75) is 19.8 Å². The van der Waals surface area contributed by atoms with Crippen molar-refractivity contribution in [3.63, 3.8) is 0 Å². The smallest absolute Gasteiger partial charge is 0.191 e. The molecule has 25 heavy (non-hydrogen) atoms. The lowest BCUT2D eigenvalue weighted by molar-refractivity contribution is 0.474. The number of nitrogens with zero attached hydrogens (tertiary/aromatic N) is 1. The number of aromatic hydroxyl groups is 1. The van der Waals surface area contributed by atoms with Gasteiger partial charge >= 0.3 is 0 Å². The standard InChI is InChI=1S/C19H24ClN3O.HI/c1-2-21-19(22-12-10-15-6-8-17(20)9-7-15)23-13-11-16-4-3-5-18(24)14-16;/h3-9,14,24H,2,10-13H2,1H3,(H2,21,22,23);1H. The number of hydrogen-bond donors (Lipinski definition) is 3. The fourth-order valence-electron chi connectivity index (χ4n) is 2.33. The molecule has 2 aromatic carbocycles. The van der Waals surface area contributed by atoms with Crippen molar-refractivity contribution < 1.29 is 5.11 Å². The summed E-state index contributed by atoms with van der Waals surface area (Å²) in [4.78, 5) is 4.59. The maximum atomic E-state index is 9.48. The topological polar surface area (TPSA) is 56.7 Å². The Labute approximate surface area is 171 Å². The molecule has 0 saturated carbocycles. The molecule has 0 fully saturated rings. The summed E-state index contributed by atoms with van der Waals surface area (Å²) in [5, 5.41) is 16.8. The molecular weight excluding hydrogens is 449 g/mol. The Hall–Kier alpha value is -1.47. The Balaban J connectivity index is 0.00000312. The van der Waals surface area contributed by atoms with Crippen molar-refractivity contribution in [2.24, 2.45) is 4.99 Å². The van der Waals surface area contributed by atoms with Gasteiger partial charge in [0.15, 0.2) is 5.96 Å². The van der Waals surface area contributed by atoms with Crippen molar-refractivity contribution >= 4 is 41.5 Å². The lowest BCUT2D eigenvalue weighted by atomic mass is 10.1. The summed E-state index contributed by atoms with van der Waals surface area (Å²) < 4.78 is 0. The second-order valence-corrected chi connectivity index (χ2v) is 5.92. The lowest BCUT2D eigenvalue weighted by Crippen LogP contribution is -2.38. The molecule has 0 aliphatic rings. The highest BCUT2D eigenvalue weighted by atomic mass is 127. The van der Waals surface area contributed by atoms with Gasteiger partial charge in [0.1, 0.15) is 5.75 Å². The Morgan fingerprint density at radius 1 is 1.04 bits per heavy atom. The summed E-state index contributed by atoms with van der Waals surface area (Å²) >= 11 is 5.89. The molecule has 2 aromatic rings. The van der Waals surface area contributed by atoms with Crippen LogP contribution in [0.25, 0.3) is 0 Å². The molecule has 0 spiro atoms. The zero-order valence-corrected chi connectivity index (χ0v) is 17.4. The molecule has 0 bridgehead atoms. The second kappa shape index (κ2) is 12.0. The maximum absolute atomic E-state index is 9.48. The van der Waals surface area contributed by atoms with Crippen LogP contribution in [0, 0.1) is 0 Å². The SMILES string of the molecule is CCNC(=NCCc1ccc(Cl)cc1)NCCc1cccc(O)c1.I. The molecule has 136 valence electrons. The highest BCUT2D eigenvalue weighted by molar-refractivity contribution is 14.0. The first-order valence-electron chi connectivity index (χ1n) is 8.22. The van der Waals surface area contributed by atoms with Crippen LogP contribution < -0.4 is 10.6 Å². The summed E-state index contributed by atoms with van der Waals surface area (Å²) in [6.45, 7) is 4.34. The summed E-state index contributed by atoms with van der Waals surface area (Å²) in [6.07, 6.45) is 1.70. The van der Waals surface area contributed by atoms with Gasteiger partial charge in [0, 0.05) is 24.7 Å². The fraction of sp³-hybridized carbons (Fsp3) is 0.316. The third-order valence-electron chi connectivity index (χ3n) is 3.54. The van der Waals surface area contributed by atoms with E-state index < -0.39 is 0 Å². The number of halogens is 2. The first kappa shape index (κ1) is 21.6. The van der Waals surface area contributed by atoms with Gasteiger partial charge in [-0.25, -0.2) is 0 Å². The Bertz CT molecular complexity index is 662. The number of hydrogen-bond acceptors (Lipinski definition) is 2. The molecule has 0 aromatic heterocycles. The minimum Gasteiger partial charge on any atom is -0.508 e. The molecule has 0 saturated heterocycles. The molecule has 0 aliphatic carbocycles. The average Bonchev–Trinajstić information content (AvgIpc) is 2.57. The van der Waals surface area contributed by atoms with E-state index >= 15 is 0 Å². The number of rotatable bonds is 7. The largest absolute Gasteiger partial charge is 0.508 e. The summed E-state index contributed by atoms with van der Waals surface area (Å²) in [6, 6.07) is 15.2. The molecule has 0 amide bonds. The molecule has 0 heterocycles. The lowest BCUT2D eigenvalue weighted by Gasteiger charge is -2.11. The van der Waals surface area contributed by atoms with Gasteiger partial charge in [-0.3, -0.25) is 4.99 Å². The highest BCUT2D eigenvalue weighted by Crippen LogP contribution is 2.11. The van der Waals surface area contributed by atoms with Crippen LogP contribution in [0.3, 0.4) is 0 Å². The maximum Gasteiger partial charge on any atom is 0.191 e. The molecule has 3 N–H and O–H groups in total. The van der Waals surface area contributed by atoms with Gasteiger partial charge in [-0.1, -0.05) is 35.9 Å². The van der Waals surface area contributed by atoms with Crippen molar-refractivity contribution in [2.75, 3.05) is 19.6 Å². The zero-order chi connectivity index (χ0) is 17.2. The van der Waals surface area contributed by atoms with E-state index in [2.05, 4.69) is 15.6 Å². The van der Waals surface area contributed by atoms with Crippen LogP contribution in [0.15, 0.2) is 53.5 Å². The Morgan fingerprint density at radius 2 is 1.80 bits per heavy atom. The molecule has 4 nitrogen and oxygen atoms in total. The van der Waals surface area contributed by atoms with Gasteiger partial charge < -0.3 is 15.7 Å². The average molecular weight is 474 g/mol. The number of benzene rings is 2. The quantitative estimate of drug-likeness (QED) is 0.324. The van der Waals surface area contributed by atoms with Crippen molar-refractivity contribution in [3.8, 4) is 5.75 Å². The molecule has 6 heteroatoms. The minimum atomic E-state index is 0. The van der Waals surface area contributed by atoms with Crippen LogP contribution in [0.5, 0.6) is 5.75 Å². The second-order valence-electron chi connectivity index (χ2n) is 5.48. The summed E-state index contributed by atoms with van der Waals surface area (Å²) in [5.74, 6) is 1.11. The van der Waals surface area contributed by atoms with Gasteiger partial charge in [0.2, 0.25) is 0 Å². The van der Waals surface area contributed by atoms with E-state index in [1.807, 2.05) is 43.3 Å². The molecule has 0 unspecified atom stereocenters. The number of aliphatic imine (C=N–C) groups is 1. The molecule has 0 aliphatic heterocycles. The van der Waals surface area contributed by atoms with Gasteiger partial charge in [0.05, 0.1) is 0 Å². The first-order chi connectivity index (χ1) is 11.7. The third-order valence-corrected chi connectivity index (χ3v) is 3.80. The van der Waals surface area contributed by atoms with Gasteiger partial charge in [-0.05, 0) is 55.2 Å². The fourth-order valence-corrected chi connectivity index (χ4v) is 2.45. The molecule has 2 rings (SSSR count). The van der Waals surface area contributed by atoms with Crippen LogP contribution in [0.2, 0.25) is 5.02 Å². The summed E-state index contributed by atoms with van der Waals surface area (Å²) in [5.41, 5.74) is 2.32. The minimum absolute atomic E-state index is 0. The van der Waals surface area contributed by atoms with Crippen LogP contribution >= 0.6 is 35.6 Å². The predicted molar refractivity (Wildman–Crippen MR) is 116 cm³/mol. The van der Waals surface area contributed by atoms with Crippen LogP contribution in [-0.2, 0) is 12.8 Å². The monoisotopic (exact) mass is 473 g/mol. The molecule has 0 atom stereocenters. The Morgan fingerprint density at radius 3 is 2.48 bits per heavy atom. The summed E-state index contributed by atoms with van der Waals surface area (Å²) in [7, 11) is 0. The molecule has 0 radical (unpaired) electrons. The number of phenolic OH excluding ortho intramolecular Hbond substituents is 1. The number of phenols is 1. The van der Waals surface area contributed by atoms with Gasteiger partial charge in [-0.2, -0.15) is 0 Å². The van der Waals surface area contributed by atoms with E-state index in [1.54, 1.807) is 12.1 Å². The van der Waals surface area contributed by atoms with Crippen molar-refractivity contribution in [1.82, 2.24) is 10.6 Å². The van der Waals surface area contributed by atoms with E-state index in [-0.39, 0.29) is 24.0 Å². The van der Waals surface area contributed by atoms with Crippen molar-refractivity contribution in [1.29, 1.82) is 0 Å². The van der Waals surface area contributed by atoms with Crippen LogP contribution in [-0.4, -0.2) is 30.7 Å². The Kier molecular flexibility index (Phi) is 10.3. The van der Waals surface area contributed by atoms with E-state index in [9.17, 15) is 5.11 Å². The normalized spacial score (nSPS) is 10.9. The van der Waals surface area contributed by atoms with Crippen LogP contribution in [0.1, 0.15) is 18.1 Å². The van der Waals surface area contributed by atoms with Crippen molar-refractivity contribution in [3.05, 3.63) is 64.7 Å². The van der Waals surface area contributed by atoms with E-state index in [4.69, 9.17) is 11.6 Å². The molecular formula is C19H25ClIN3O. The van der Waals surface area contributed by atoms with E-state index in [0.717, 1.165) is 42.5 Å². The highest BCUT2D eigenvalue weighted by Gasteiger charge is 1.99. The number of guanidine groups is 1. The zero-order valence-electron chi connectivity index (χ0n) is 14.3. The van der Waals surface area contributed by atoms with Gasteiger partial charge in [-0.15, -0.1) is 24.0 Å². The van der Waals surface area contributed by atoms with E-state index in [1.165, 1.54) is 5.56 Å². The van der Waals surface area contributed by atoms with E-state index in [0.29, 0.717) is 12.3 Å². The van der Waals surface area contributed by atoms with Gasteiger partial charge in [0.25, 0.3) is 0 Å². The number of nitrogens with one attached hydrogen (secondary N) is 2. The first-order valence-corrected chi connectivity index (χ1v) is 8.59. The van der Waals surface area contributed by atoms with Crippen LogP contribution in [0.4, 0.5) is 0 Å². The third kappa shape index (κ3) is 8.45.